The summed E-state index contributed by atoms with van der Waals surface area (Å²) in [5.41, 5.74) is 1.27. The van der Waals surface area contributed by atoms with E-state index >= 15 is 0 Å². The molecule has 2 saturated heterocycles. The van der Waals surface area contributed by atoms with Gasteiger partial charge in [-0.3, -0.25) is 14.5 Å². The summed E-state index contributed by atoms with van der Waals surface area (Å²) in [4.78, 5) is 28.1. The molecule has 6 heteroatoms. The van der Waals surface area contributed by atoms with Crippen molar-refractivity contribution < 1.29 is 14.7 Å². The molecule has 0 bridgehead atoms. The molecule has 0 aromatic heterocycles. The number of amides is 2. The van der Waals surface area contributed by atoms with Gasteiger partial charge in [0.25, 0.3) is 0 Å². The van der Waals surface area contributed by atoms with Crippen LogP contribution in [0.4, 0.5) is 0 Å². The van der Waals surface area contributed by atoms with Gasteiger partial charge in [0.2, 0.25) is 11.8 Å². The minimum atomic E-state index is -0.778. The maximum Gasteiger partial charge on any atom is 0.248 e. The Bertz CT molecular complexity index is 549. The molecule has 2 heterocycles. The van der Waals surface area contributed by atoms with Gasteiger partial charge in [0.15, 0.2) is 0 Å². The quantitative estimate of drug-likeness (QED) is 0.766. The molecule has 0 saturated carbocycles. The molecule has 0 spiro atoms. The predicted molar refractivity (Wildman–Crippen MR) is 81.1 cm³/mol. The summed E-state index contributed by atoms with van der Waals surface area (Å²) in [7, 11) is 0. The summed E-state index contributed by atoms with van der Waals surface area (Å²) in [5.74, 6) is -0.335. The zero-order valence-electron chi connectivity index (χ0n) is 12.4. The van der Waals surface area contributed by atoms with Gasteiger partial charge in [0.05, 0.1) is 6.61 Å². The van der Waals surface area contributed by atoms with Crippen LogP contribution in [0.1, 0.15) is 5.56 Å². The number of nitrogens with one attached hydrogen (secondary N) is 1. The van der Waals surface area contributed by atoms with Crippen LogP contribution in [0, 0.1) is 0 Å². The summed E-state index contributed by atoms with van der Waals surface area (Å²) in [6.07, 6.45) is 0.933. The lowest BCUT2D eigenvalue weighted by Gasteiger charge is -2.45. The van der Waals surface area contributed by atoms with Crippen molar-refractivity contribution in [1.82, 2.24) is 15.1 Å². The fraction of sp³-hybridized carbons (Fsp3) is 0.500. The second kappa shape index (κ2) is 6.46. The summed E-state index contributed by atoms with van der Waals surface area (Å²) in [6.45, 7) is 2.40. The summed E-state index contributed by atoms with van der Waals surface area (Å²) >= 11 is 0. The monoisotopic (exact) mass is 303 g/mol. The van der Waals surface area contributed by atoms with Crippen molar-refractivity contribution >= 4 is 11.8 Å². The maximum absolute atomic E-state index is 12.2. The van der Waals surface area contributed by atoms with Gasteiger partial charge in [0.1, 0.15) is 12.1 Å². The highest BCUT2D eigenvalue weighted by Crippen LogP contribution is 2.16. The van der Waals surface area contributed by atoms with Gasteiger partial charge in [0, 0.05) is 26.2 Å². The third-order valence-corrected chi connectivity index (χ3v) is 4.41. The fourth-order valence-electron chi connectivity index (χ4n) is 3.12. The van der Waals surface area contributed by atoms with E-state index in [4.69, 9.17) is 5.11 Å². The largest absolute Gasteiger partial charge is 0.394 e. The van der Waals surface area contributed by atoms with Crippen molar-refractivity contribution in [2.75, 3.05) is 32.8 Å². The predicted octanol–water partition coefficient (Wildman–Crippen LogP) is -0.767. The van der Waals surface area contributed by atoms with Crippen LogP contribution in [0.15, 0.2) is 30.3 Å². The first kappa shape index (κ1) is 15.0. The Morgan fingerprint density at radius 2 is 1.95 bits per heavy atom. The maximum atomic E-state index is 12.2. The zero-order valence-corrected chi connectivity index (χ0v) is 12.4. The summed E-state index contributed by atoms with van der Waals surface area (Å²) in [5, 5.41) is 11.8. The number of carbonyl (C=O) groups is 2. The molecule has 2 aliphatic rings. The van der Waals surface area contributed by atoms with Crippen molar-refractivity contribution in [2.45, 2.75) is 18.5 Å². The molecule has 6 nitrogen and oxygen atoms in total. The van der Waals surface area contributed by atoms with Crippen LogP contribution in [0.5, 0.6) is 0 Å². The Morgan fingerprint density at radius 1 is 1.18 bits per heavy atom. The van der Waals surface area contributed by atoms with E-state index < -0.39 is 12.1 Å². The van der Waals surface area contributed by atoms with Crippen molar-refractivity contribution in [2.24, 2.45) is 0 Å². The number of hydrogen-bond acceptors (Lipinski definition) is 4. The lowest BCUT2D eigenvalue weighted by Crippen LogP contribution is -2.69. The van der Waals surface area contributed by atoms with E-state index in [1.165, 1.54) is 5.56 Å². The number of hydrogen-bond donors (Lipinski definition) is 2. The molecule has 118 valence electrons. The smallest absolute Gasteiger partial charge is 0.248 e. The van der Waals surface area contributed by atoms with E-state index in [9.17, 15) is 9.59 Å². The Kier molecular flexibility index (Phi) is 4.40. The lowest BCUT2D eigenvalue weighted by atomic mass is 10.0. The molecule has 0 aliphatic carbocycles. The number of carbonyl (C=O) groups excluding carboxylic acids is 2. The molecule has 2 N–H and O–H groups in total. The molecule has 1 aromatic rings. The molecule has 1 aromatic carbocycles. The molecule has 2 fully saturated rings. The number of fused-ring (bicyclic) bond motifs is 1. The van der Waals surface area contributed by atoms with Gasteiger partial charge < -0.3 is 15.3 Å². The van der Waals surface area contributed by atoms with Gasteiger partial charge in [-0.2, -0.15) is 0 Å². The van der Waals surface area contributed by atoms with E-state index in [-0.39, 0.29) is 18.4 Å². The second-order valence-electron chi connectivity index (χ2n) is 5.83. The summed E-state index contributed by atoms with van der Waals surface area (Å²) in [6, 6.07) is 9.03. The minimum absolute atomic E-state index is 0.164. The first-order valence-corrected chi connectivity index (χ1v) is 7.67. The molecular formula is C16H21N3O3. The van der Waals surface area contributed by atoms with Crippen LogP contribution in [0.25, 0.3) is 0 Å². The first-order chi connectivity index (χ1) is 10.7. The third kappa shape index (κ3) is 2.98. The Hall–Kier alpha value is -1.92. The van der Waals surface area contributed by atoms with E-state index in [0.717, 1.165) is 19.5 Å². The molecule has 0 unspecified atom stereocenters. The highest BCUT2D eigenvalue weighted by molar-refractivity contribution is 5.97. The average molecular weight is 303 g/mol. The number of benzene rings is 1. The summed E-state index contributed by atoms with van der Waals surface area (Å²) < 4.78 is 0. The number of piperazine rings is 2. The SMILES string of the molecule is O=C1N[C@@H](CO)C(=O)N2CCN(CCc3ccccc3)C[C@H]12. The second-order valence-corrected chi connectivity index (χ2v) is 5.83. The Labute approximate surface area is 129 Å². The molecule has 0 radical (unpaired) electrons. The van der Waals surface area contributed by atoms with Gasteiger partial charge in [-0.15, -0.1) is 0 Å². The van der Waals surface area contributed by atoms with Crippen molar-refractivity contribution in [3.8, 4) is 0 Å². The Balaban J connectivity index is 1.59. The van der Waals surface area contributed by atoms with E-state index in [1.807, 2.05) is 18.2 Å². The molecule has 2 atom stereocenters. The van der Waals surface area contributed by atoms with E-state index in [1.54, 1.807) is 4.90 Å². The average Bonchev–Trinajstić information content (AvgIpc) is 2.57. The highest BCUT2D eigenvalue weighted by Gasteiger charge is 2.42. The molecule has 2 aliphatic heterocycles. The van der Waals surface area contributed by atoms with Crippen LogP contribution in [0.3, 0.4) is 0 Å². The van der Waals surface area contributed by atoms with Crippen LogP contribution in [0.2, 0.25) is 0 Å². The number of nitrogens with zero attached hydrogens (tertiary/aromatic N) is 2. The molecule has 22 heavy (non-hydrogen) atoms. The van der Waals surface area contributed by atoms with Crippen LogP contribution >= 0.6 is 0 Å². The van der Waals surface area contributed by atoms with Crippen LogP contribution < -0.4 is 5.32 Å². The van der Waals surface area contributed by atoms with Gasteiger partial charge in [-0.05, 0) is 12.0 Å². The van der Waals surface area contributed by atoms with E-state index in [2.05, 4.69) is 22.3 Å². The standard InChI is InChI=1S/C16H21N3O3/c20-11-13-16(22)19-9-8-18(10-14(19)15(21)17-13)7-6-12-4-2-1-3-5-12/h1-5,13-14,20H,6-11H2,(H,17,21)/t13-,14+/m0/s1. The number of aliphatic hydroxyl groups excluding tert-OH is 1. The highest BCUT2D eigenvalue weighted by atomic mass is 16.3. The lowest BCUT2D eigenvalue weighted by molar-refractivity contribution is -0.154. The molecule has 3 rings (SSSR count). The van der Waals surface area contributed by atoms with Gasteiger partial charge in [-0.1, -0.05) is 30.3 Å². The first-order valence-electron chi connectivity index (χ1n) is 7.67. The van der Waals surface area contributed by atoms with Gasteiger partial charge in [-0.25, -0.2) is 0 Å². The zero-order chi connectivity index (χ0) is 15.5. The van der Waals surface area contributed by atoms with E-state index in [0.29, 0.717) is 13.1 Å². The van der Waals surface area contributed by atoms with Crippen molar-refractivity contribution in [3.63, 3.8) is 0 Å². The Morgan fingerprint density at radius 3 is 2.68 bits per heavy atom. The van der Waals surface area contributed by atoms with Gasteiger partial charge >= 0.3 is 0 Å². The number of rotatable bonds is 4. The minimum Gasteiger partial charge on any atom is -0.394 e. The fourth-order valence-corrected chi connectivity index (χ4v) is 3.12. The van der Waals surface area contributed by atoms with Crippen LogP contribution in [-0.2, 0) is 16.0 Å². The topological polar surface area (TPSA) is 72.9 Å². The normalized spacial score (nSPS) is 25.8. The molecular weight excluding hydrogens is 282 g/mol. The third-order valence-electron chi connectivity index (χ3n) is 4.41. The molecule has 2 amide bonds. The van der Waals surface area contributed by atoms with Crippen molar-refractivity contribution in [3.05, 3.63) is 35.9 Å². The number of aliphatic hydroxyl groups is 1. The van der Waals surface area contributed by atoms with Crippen LogP contribution in [-0.4, -0.2) is 71.6 Å². The van der Waals surface area contributed by atoms with Crippen molar-refractivity contribution in [1.29, 1.82) is 0 Å².